The average molecular weight is 280 g/mol. The minimum Gasteiger partial charge on any atom is -0.373 e. The number of nitrogens with one attached hydrogen (secondary N) is 1. The fourth-order valence-electron chi connectivity index (χ4n) is 2.82. The van der Waals surface area contributed by atoms with E-state index in [2.05, 4.69) is 23.5 Å². The lowest BCUT2D eigenvalue weighted by Gasteiger charge is -2.24. The van der Waals surface area contributed by atoms with E-state index < -0.39 is 0 Å². The molecular weight excluding hydrogens is 260 g/mol. The normalized spacial score (nSPS) is 16.1. The molecule has 0 saturated heterocycles. The van der Waals surface area contributed by atoms with Gasteiger partial charge in [-0.15, -0.1) is 0 Å². The van der Waals surface area contributed by atoms with E-state index in [0.29, 0.717) is 6.54 Å². The third kappa shape index (κ3) is 2.92. The predicted molar refractivity (Wildman–Crippen MR) is 85.1 cm³/mol. The van der Waals surface area contributed by atoms with Gasteiger partial charge in [-0.25, -0.2) is 0 Å². The van der Waals surface area contributed by atoms with Crippen LogP contribution < -0.4 is 5.32 Å². The highest BCUT2D eigenvalue weighted by atomic mass is 16.2. The third-order valence-corrected chi connectivity index (χ3v) is 3.98. The maximum absolute atomic E-state index is 12.7. The Morgan fingerprint density at radius 2 is 1.86 bits per heavy atom. The van der Waals surface area contributed by atoms with Gasteiger partial charge in [0.15, 0.2) is 0 Å². The second kappa shape index (κ2) is 6.00. The smallest absolute Gasteiger partial charge is 0.245 e. The van der Waals surface area contributed by atoms with Crippen LogP contribution in [0.4, 0.5) is 5.69 Å². The van der Waals surface area contributed by atoms with Crippen molar-refractivity contribution in [2.75, 3.05) is 11.9 Å². The quantitative estimate of drug-likeness (QED) is 0.933. The molecule has 1 N–H and O–H groups in total. The SMILES string of the molecule is CCN(Cc1ccccc1)C(=O)C1Cc2ccccc2N1. The summed E-state index contributed by atoms with van der Waals surface area (Å²) in [7, 11) is 0. The first-order valence-electron chi connectivity index (χ1n) is 7.45. The van der Waals surface area contributed by atoms with Crippen LogP contribution in [-0.4, -0.2) is 23.4 Å². The molecule has 21 heavy (non-hydrogen) atoms. The van der Waals surface area contributed by atoms with E-state index in [1.54, 1.807) is 0 Å². The minimum atomic E-state index is -0.133. The van der Waals surface area contributed by atoms with Crippen LogP contribution in [0.25, 0.3) is 0 Å². The topological polar surface area (TPSA) is 32.3 Å². The summed E-state index contributed by atoms with van der Waals surface area (Å²) in [5, 5.41) is 3.34. The molecule has 0 bridgehead atoms. The molecular formula is C18H20N2O. The van der Waals surface area contributed by atoms with Crippen molar-refractivity contribution in [3.63, 3.8) is 0 Å². The second-order valence-electron chi connectivity index (χ2n) is 5.40. The summed E-state index contributed by atoms with van der Waals surface area (Å²) in [4.78, 5) is 14.6. The summed E-state index contributed by atoms with van der Waals surface area (Å²) in [5.41, 5.74) is 3.49. The van der Waals surface area contributed by atoms with Crippen LogP contribution in [0.3, 0.4) is 0 Å². The van der Waals surface area contributed by atoms with Crippen molar-refractivity contribution in [1.82, 2.24) is 4.90 Å². The van der Waals surface area contributed by atoms with Crippen molar-refractivity contribution in [3.05, 3.63) is 65.7 Å². The molecule has 2 aromatic carbocycles. The van der Waals surface area contributed by atoms with Gasteiger partial charge < -0.3 is 10.2 Å². The number of benzene rings is 2. The minimum absolute atomic E-state index is 0.133. The van der Waals surface area contributed by atoms with Gasteiger partial charge in [0.2, 0.25) is 5.91 Å². The van der Waals surface area contributed by atoms with Gasteiger partial charge in [0.1, 0.15) is 6.04 Å². The standard InChI is InChI=1S/C18H20N2O/c1-2-20(13-14-8-4-3-5-9-14)18(21)17-12-15-10-6-7-11-16(15)19-17/h3-11,17,19H,2,12-13H2,1H3. The number of amides is 1. The summed E-state index contributed by atoms with van der Waals surface area (Å²) < 4.78 is 0. The highest BCUT2D eigenvalue weighted by molar-refractivity contribution is 5.87. The molecule has 3 heteroatoms. The lowest BCUT2D eigenvalue weighted by atomic mass is 10.1. The molecule has 0 aliphatic carbocycles. The predicted octanol–water partition coefficient (Wildman–Crippen LogP) is 3.07. The Balaban J connectivity index is 1.70. The summed E-state index contributed by atoms with van der Waals surface area (Å²) in [6, 6.07) is 18.2. The van der Waals surface area contributed by atoms with Crippen molar-refractivity contribution in [3.8, 4) is 0 Å². The van der Waals surface area contributed by atoms with E-state index in [1.165, 1.54) is 11.1 Å². The Hall–Kier alpha value is -2.29. The molecule has 3 rings (SSSR count). The van der Waals surface area contributed by atoms with Gasteiger partial charge in [0.05, 0.1) is 0 Å². The maximum atomic E-state index is 12.7. The van der Waals surface area contributed by atoms with Crippen molar-refractivity contribution in [1.29, 1.82) is 0 Å². The molecule has 3 nitrogen and oxygen atoms in total. The number of carbonyl (C=O) groups is 1. The fourth-order valence-corrected chi connectivity index (χ4v) is 2.82. The number of nitrogens with zero attached hydrogens (tertiary/aromatic N) is 1. The third-order valence-electron chi connectivity index (χ3n) is 3.98. The molecule has 0 spiro atoms. The van der Waals surface area contributed by atoms with Crippen molar-refractivity contribution < 1.29 is 4.79 Å². The molecule has 1 atom stereocenters. The zero-order valence-corrected chi connectivity index (χ0v) is 12.3. The molecule has 1 aliphatic heterocycles. The first-order valence-corrected chi connectivity index (χ1v) is 7.45. The largest absolute Gasteiger partial charge is 0.373 e. The number of likely N-dealkylation sites (N-methyl/N-ethyl adjacent to an activating group) is 1. The van der Waals surface area contributed by atoms with Crippen LogP contribution in [0.5, 0.6) is 0 Å². The number of para-hydroxylation sites is 1. The fraction of sp³-hybridized carbons (Fsp3) is 0.278. The summed E-state index contributed by atoms with van der Waals surface area (Å²) >= 11 is 0. The van der Waals surface area contributed by atoms with Gasteiger partial charge in [0, 0.05) is 25.2 Å². The van der Waals surface area contributed by atoms with E-state index >= 15 is 0 Å². The first kappa shape index (κ1) is 13.7. The number of fused-ring (bicyclic) bond motifs is 1. The molecule has 0 saturated carbocycles. The van der Waals surface area contributed by atoms with Crippen LogP contribution in [0.1, 0.15) is 18.1 Å². The van der Waals surface area contributed by atoms with E-state index in [9.17, 15) is 4.79 Å². The number of carbonyl (C=O) groups excluding carboxylic acids is 1. The van der Waals surface area contributed by atoms with Crippen LogP contribution in [0.15, 0.2) is 54.6 Å². The van der Waals surface area contributed by atoms with Crippen LogP contribution in [0.2, 0.25) is 0 Å². The molecule has 1 unspecified atom stereocenters. The van der Waals surface area contributed by atoms with Gasteiger partial charge in [0.25, 0.3) is 0 Å². The first-order chi connectivity index (χ1) is 10.3. The number of hydrogen-bond acceptors (Lipinski definition) is 2. The molecule has 2 aromatic rings. The summed E-state index contributed by atoms with van der Waals surface area (Å²) in [5.74, 6) is 0.178. The number of rotatable bonds is 4. The zero-order valence-electron chi connectivity index (χ0n) is 12.3. The Morgan fingerprint density at radius 3 is 2.57 bits per heavy atom. The zero-order chi connectivity index (χ0) is 14.7. The molecule has 0 radical (unpaired) electrons. The van der Waals surface area contributed by atoms with Crippen molar-refractivity contribution in [2.45, 2.75) is 25.9 Å². The van der Waals surface area contributed by atoms with Crippen molar-refractivity contribution in [2.24, 2.45) is 0 Å². The van der Waals surface area contributed by atoms with Gasteiger partial charge in [-0.1, -0.05) is 48.5 Å². The van der Waals surface area contributed by atoms with Gasteiger partial charge in [-0.3, -0.25) is 4.79 Å². The van der Waals surface area contributed by atoms with E-state index in [-0.39, 0.29) is 11.9 Å². The van der Waals surface area contributed by atoms with Crippen LogP contribution >= 0.6 is 0 Å². The summed E-state index contributed by atoms with van der Waals surface area (Å²) in [6.45, 7) is 3.43. The monoisotopic (exact) mass is 280 g/mol. The number of anilines is 1. The molecule has 108 valence electrons. The van der Waals surface area contributed by atoms with Crippen molar-refractivity contribution >= 4 is 11.6 Å². The Morgan fingerprint density at radius 1 is 1.14 bits per heavy atom. The maximum Gasteiger partial charge on any atom is 0.245 e. The Bertz CT molecular complexity index is 599. The second-order valence-corrected chi connectivity index (χ2v) is 5.40. The van der Waals surface area contributed by atoms with Crippen LogP contribution in [0, 0.1) is 0 Å². The molecule has 1 aliphatic rings. The molecule has 1 amide bonds. The van der Waals surface area contributed by atoms with Crippen LogP contribution in [-0.2, 0) is 17.8 Å². The van der Waals surface area contributed by atoms with E-state index in [1.807, 2.05) is 48.2 Å². The Kier molecular flexibility index (Phi) is 3.91. The molecule has 0 fully saturated rings. The van der Waals surface area contributed by atoms with Gasteiger partial charge in [-0.05, 0) is 24.1 Å². The highest BCUT2D eigenvalue weighted by Crippen LogP contribution is 2.26. The van der Waals surface area contributed by atoms with E-state index in [4.69, 9.17) is 0 Å². The van der Waals surface area contributed by atoms with Gasteiger partial charge >= 0.3 is 0 Å². The lowest BCUT2D eigenvalue weighted by Crippen LogP contribution is -2.41. The number of hydrogen-bond donors (Lipinski definition) is 1. The lowest BCUT2D eigenvalue weighted by molar-refractivity contribution is -0.132. The highest BCUT2D eigenvalue weighted by Gasteiger charge is 2.29. The average Bonchev–Trinajstić information content (AvgIpc) is 2.97. The summed E-state index contributed by atoms with van der Waals surface area (Å²) in [6.07, 6.45) is 0.778. The molecule has 1 heterocycles. The van der Waals surface area contributed by atoms with Gasteiger partial charge in [-0.2, -0.15) is 0 Å². The molecule has 0 aromatic heterocycles. The Labute approximate surface area is 125 Å². The van der Waals surface area contributed by atoms with E-state index in [0.717, 1.165) is 18.7 Å².